The third-order valence-electron chi connectivity index (χ3n) is 4.95. The number of nitrogens with zero attached hydrogens (tertiary/aromatic N) is 3. The molecule has 0 aliphatic carbocycles. The van der Waals surface area contributed by atoms with E-state index in [0.717, 1.165) is 31.7 Å². The number of pyridine rings is 1. The average molecular weight is 405 g/mol. The highest BCUT2D eigenvalue weighted by molar-refractivity contribution is 7.90. The molecule has 3 aromatic rings. The molecule has 142 valence electrons. The number of hydrogen-bond donors (Lipinski definition) is 1. The zero-order chi connectivity index (χ0) is 19.0. The number of aromatic nitrogens is 2. The molecule has 1 N–H and O–H groups in total. The van der Waals surface area contributed by atoms with E-state index in [2.05, 4.69) is 22.1 Å². The van der Waals surface area contributed by atoms with Crippen molar-refractivity contribution in [2.45, 2.75) is 24.3 Å². The molecule has 1 aromatic carbocycles. The van der Waals surface area contributed by atoms with Crippen LogP contribution >= 0.6 is 11.6 Å². The van der Waals surface area contributed by atoms with E-state index in [1.165, 1.54) is 10.0 Å². The predicted octanol–water partition coefficient (Wildman–Crippen LogP) is 3.11. The molecule has 27 heavy (non-hydrogen) atoms. The quantitative estimate of drug-likeness (QED) is 0.723. The van der Waals surface area contributed by atoms with Crippen molar-refractivity contribution in [3.63, 3.8) is 0 Å². The summed E-state index contributed by atoms with van der Waals surface area (Å²) < 4.78 is 27.8. The maximum atomic E-state index is 13.3. The van der Waals surface area contributed by atoms with Crippen LogP contribution in [-0.2, 0) is 10.0 Å². The first-order valence-corrected chi connectivity index (χ1v) is 10.8. The van der Waals surface area contributed by atoms with Crippen LogP contribution in [0.15, 0.2) is 53.7 Å². The van der Waals surface area contributed by atoms with Gasteiger partial charge in [0, 0.05) is 43.1 Å². The number of piperazine rings is 1. The predicted molar refractivity (Wildman–Crippen MR) is 108 cm³/mol. The maximum absolute atomic E-state index is 13.3. The number of hydrogen-bond acceptors (Lipinski definition) is 5. The van der Waals surface area contributed by atoms with Gasteiger partial charge in [-0.3, -0.25) is 4.98 Å². The van der Waals surface area contributed by atoms with Crippen molar-refractivity contribution in [3.8, 4) is 0 Å². The molecular formula is C19H21ClN4O2S. The molecule has 0 amide bonds. The van der Waals surface area contributed by atoms with Gasteiger partial charge < -0.3 is 10.2 Å². The number of nitrogens with one attached hydrogen (secondary N) is 1. The Bertz CT molecular complexity index is 1080. The first kappa shape index (κ1) is 18.3. The second-order valence-corrected chi connectivity index (χ2v) is 8.90. The van der Waals surface area contributed by atoms with Gasteiger partial charge >= 0.3 is 0 Å². The lowest BCUT2D eigenvalue weighted by Gasteiger charge is -2.34. The van der Waals surface area contributed by atoms with Crippen molar-refractivity contribution < 1.29 is 8.42 Å². The van der Waals surface area contributed by atoms with Crippen LogP contribution in [0.2, 0.25) is 5.02 Å². The zero-order valence-electron chi connectivity index (χ0n) is 15.0. The summed E-state index contributed by atoms with van der Waals surface area (Å²) in [6.07, 6.45) is 4.40. The lowest BCUT2D eigenvalue weighted by Crippen LogP contribution is -2.50. The summed E-state index contributed by atoms with van der Waals surface area (Å²) >= 11 is 6.01. The minimum Gasteiger partial charge on any atom is -0.366 e. The van der Waals surface area contributed by atoms with Gasteiger partial charge in [0.15, 0.2) is 0 Å². The van der Waals surface area contributed by atoms with Gasteiger partial charge in [-0.1, -0.05) is 24.6 Å². The van der Waals surface area contributed by atoms with Crippen molar-refractivity contribution in [1.82, 2.24) is 14.3 Å². The number of anilines is 1. The standard InChI is InChI=1S/C19H21ClN4O2S/c1-2-15-12-23(10-9-21-15)18-13-24(17-7-4-8-22-19(17)18)27(25,26)16-6-3-5-14(20)11-16/h3-8,11,13,15,21H,2,9-10,12H2,1H3. The van der Waals surface area contributed by atoms with Gasteiger partial charge in [0.05, 0.1) is 16.1 Å². The highest BCUT2D eigenvalue weighted by Crippen LogP contribution is 2.31. The fraction of sp³-hybridized carbons (Fsp3) is 0.316. The SMILES string of the molecule is CCC1CN(c2cn(S(=O)(=O)c3cccc(Cl)c3)c3cccnc23)CCN1. The molecule has 1 atom stereocenters. The fourth-order valence-corrected chi connectivity index (χ4v) is 5.16. The van der Waals surface area contributed by atoms with Crippen LogP contribution in [0.1, 0.15) is 13.3 Å². The van der Waals surface area contributed by atoms with E-state index in [1.807, 2.05) is 0 Å². The molecule has 8 heteroatoms. The maximum Gasteiger partial charge on any atom is 0.268 e. The third kappa shape index (κ3) is 3.31. The molecule has 1 fully saturated rings. The molecule has 1 aliphatic rings. The topological polar surface area (TPSA) is 67.2 Å². The minimum absolute atomic E-state index is 0.161. The van der Waals surface area contributed by atoms with Crippen LogP contribution in [0.4, 0.5) is 5.69 Å². The van der Waals surface area contributed by atoms with Gasteiger partial charge in [-0.2, -0.15) is 0 Å². The molecule has 0 bridgehead atoms. The monoisotopic (exact) mass is 404 g/mol. The molecule has 0 saturated carbocycles. The van der Waals surface area contributed by atoms with Crippen molar-refractivity contribution >= 4 is 38.3 Å². The Morgan fingerprint density at radius 1 is 1.30 bits per heavy atom. The summed E-state index contributed by atoms with van der Waals surface area (Å²) in [5, 5.41) is 3.87. The molecular weight excluding hydrogens is 384 g/mol. The molecule has 0 radical (unpaired) electrons. The summed E-state index contributed by atoms with van der Waals surface area (Å²) in [4.78, 5) is 6.85. The first-order valence-electron chi connectivity index (χ1n) is 8.96. The van der Waals surface area contributed by atoms with Crippen LogP contribution in [0.3, 0.4) is 0 Å². The summed E-state index contributed by atoms with van der Waals surface area (Å²) in [5.41, 5.74) is 2.11. The van der Waals surface area contributed by atoms with Crippen molar-refractivity contribution in [2.75, 3.05) is 24.5 Å². The smallest absolute Gasteiger partial charge is 0.268 e. The second kappa shape index (κ2) is 7.14. The summed E-state index contributed by atoms with van der Waals surface area (Å²) in [6, 6.07) is 10.2. The number of rotatable bonds is 4. The Kier molecular flexibility index (Phi) is 4.84. The van der Waals surface area contributed by atoms with Crippen LogP contribution < -0.4 is 10.2 Å². The Hall–Kier alpha value is -2.09. The van der Waals surface area contributed by atoms with E-state index in [4.69, 9.17) is 11.6 Å². The van der Waals surface area contributed by atoms with Crippen LogP contribution in [0.5, 0.6) is 0 Å². The van der Waals surface area contributed by atoms with Crippen molar-refractivity contribution in [3.05, 3.63) is 53.8 Å². The lowest BCUT2D eigenvalue weighted by molar-refractivity contribution is 0.447. The van der Waals surface area contributed by atoms with Gasteiger partial charge in [-0.05, 0) is 36.8 Å². The fourth-order valence-electron chi connectivity index (χ4n) is 3.50. The van der Waals surface area contributed by atoms with Gasteiger partial charge in [-0.15, -0.1) is 0 Å². The van der Waals surface area contributed by atoms with E-state index in [9.17, 15) is 8.42 Å². The Morgan fingerprint density at radius 2 is 2.15 bits per heavy atom. The van der Waals surface area contributed by atoms with E-state index in [-0.39, 0.29) is 4.90 Å². The van der Waals surface area contributed by atoms with Gasteiger partial charge in [0.25, 0.3) is 10.0 Å². The second-order valence-electron chi connectivity index (χ2n) is 6.65. The number of fused-ring (bicyclic) bond motifs is 1. The summed E-state index contributed by atoms with van der Waals surface area (Å²) in [6.45, 7) is 4.64. The Morgan fingerprint density at radius 3 is 2.93 bits per heavy atom. The normalized spacial score (nSPS) is 18.1. The summed E-state index contributed by atoms with van der Waals surface area (Å²) in [7, 11) is -3.78. The van der Waals surface area contributed by atoms with Crippen LogP contribution in [-0.4, -0.2) is 43.1 Å². The molecule has 1 saturated heterocycles. The molecule has 4 rings (SSSR count). The number of benzene rings is 1. The van der Waals surface area contributed by atoms with Crippen LogP contribution in [0.25, 0.3) is 11.0 Å². The van der Waals surface area contributed by atoms with E-state index in [1.54, 1.807) is 42.7 Å². The highest BCUT2D eigenvalue weighted by Gasteiger charge is 2.26. The average Bonchev–Trinajstić information content (AvgIpc) is 3.08. The molecule has 1 aliphatic heterocycles. The number of halogens is 1. The minimum atomic E-state index is -3.78. The zero-order valence-corrected chi connectivity index (χ0v) is 16.5. The lowest BCUT2D eigenvalue weighted by atomic mass is 10.1. The molecule has 3 heterocycles. The molecule has 2 aromatic heterocycles. The van der Waals surface area contributed by atoms with E-state index < -0.39 is 10.0 Å². The largest absolute Gasteiger partial charge is 0.366 e. The Labute approximate surface area is 163 Å². The molecule has 1 unspecified atom stereocenters. The van der Waals surface area contributed by atoms with Gasteiger partial charge in [0.1, 0.15) is 5.52 Å². The highest BCUT2D eigenvalue weighted by atomic mass is 35.5. The van der Waals surface area contributed by atoms with Crippen molar-refractivity contribution in [2.24, 2.45) is 0 Å². The Balaban J connectivity index is 1.85. The first-order chi connectivity index (χ1) is 13.0. The van der Waals surface area contributed by atoms with E-state index >= 15 is 0 Å². The summed E-state index contributed by atoms with van der Waals surface area (Å²) in [5.74, 6) is 0. The third-order valence-corrected chi connectivity index (χ3v) is 6.85. The van der Waals surface area contributed by atoms with E-state index in [0.29, 0.717) is 22.1 Å². The molecule has 6 nitrogen and oxygen atoms in total. The molecule has 0 spiro atoms. The van der Waals surface area contributed by atoms with Gasteiger partial charge in [-0.25, -0.2) is 12.4 Å². The van der Waals surface area contributed by atoms with Crippen LogP contribution in [0, 0.1) is 0 Å². The van der Waals surface area contributed by atoms with Gasteiger partial charge in [0.2, 0.25) is 0 Å². The van der Waals surface area contributed by atoms with Crippen molar-refractivity contribution in [1.29, 1.82) is 0 Å².